The van der Waals surface area contributed by atoms with Crippen molar-refractivity contribution in [3.05, 3.63) is 0 Å². The Balaban J connectivity index is 2.16. The highest BCUT2D eigenvalue weighted by molar-refractivity contribution is 4.74. The molecule has 0 amide bonds. The Morgan fingerprint density at radius 2 is 1.71 bits per heavy atom. The second-order valence-corrected chi connectivity index (χ2v) is 4.96. The summed E-state index contributed by atoms with van der Waals surface area (Å²) in [6, 6.07) is 0.710. The van der Waals surface area contributed by atoms with E-state index in [1.165, 1.54) is 25.9 Å². The Morgan fingerprint density at radius 1 is 1.14 bits per heavy atom. The van der Waals surface area contributed by atoms with Gasteiger partial charge in [0.25, 0.3) is 0 Å². The molecule has 0 atom stereocenters. The highest BCUT2D eigenvalue weighted by atomic mass is 16.5. The molecular formula is C12H25NO. The van der Waals surface area contributed by atoms with Crippen molar-refractivity contribution < 1.29 is 4.74 Å². The number of piperidine rings is 1. The molecule has 0 aromatic carbocycles. The molecule has 0 spiro atoms. The lowest BCUT2D eigenvalue weighted by Gasteiger charge is -2.34. The van der Waals surface area contributed by atoms with Gasteiger partial charge in [0.1, 0.15) is 0 Å². The molecule has 0 radical (unpaired) electrons. The minimum absolute atomic E-state index is 0.387. The third kappa shape index (κ3) is 3.97. The van der Waals surface area contributed by atoms with Gasteiger partial charge in [0.15, 0.2) is 0 Å². The van der Waals surface area contributed by atoms with Gasteiger partial charge >= 0.3 is 0 Å². The van der Waals surface area contributed by atoms with Gasteiger partial charge in [0.05, 0.1) is 6.10 Å². The lowest BCUT2D eigenvalue weighted by atomic mass is 9.97. The Labute approximate surface area is 88.6 Å². The smallest absolute Gasteiger partial charge is 0.0519 e. The maximum absolute atomic E-state index is 5.66. The lowest BCUT2D eigenvalue weighted by Crippen LogP contribution is -2.39. The summed E-state index contributed by atoms with van der Waals surface area (Å²) in [7, 11) is 0. The van der Waals surface area contributed by atoms with Crippen LogP contribution in [0.4, 0.5) is 0 Å². The zero-order chi connectivity index (χ0) is 10.6. The molecule has 0 unspecified atom stereocenters. The van der Waals surface area contributed by atoms with Crippen molar-refractivity contribution in [2.24, 2.45) is 5.92 Å². The molecule has 0 aromatic rings. The first kappa shape index (κ1) is 12.0. The maximum atomic E-state index is 5.66. The Bertz CT molecular complexity index is 148. The SMILES string of the molecule is CC(C)OCC1CCN(C(C)C)CC1. The van der Waals surface area contributed by atoms with Crippen LogP contribution in [-0.4, -0.2) is 36.7 Å². The predicted molar refractivity (Wildman–Crippen MR) is 60.5 cm³/mol. The standard InChI is InChI=1S/C12H25NO/c1-10(2)13-7-5-12(6-8-13)9-14-11(3)4/h10-12H,5-9H2,1-4H3. The zero-order valence-electron chi connectivity index (χ0n) is 10.1. The fourth-order valence-electron chi connectivity index (χ4n) is 1.96. The van der Waals surface area contributed by atoms with Gasteiger partial charge in [-0.1, -0.05) is 0 Å². The zero-order valence-corrected chi connectivity index (χ0v) is 10.1. The van der Waals surface area contributed by atoms with Crippen LogP contribution in [0.15, 0.2) is 0 Å². The van der Waals surface area contributed by atoms with Crippen LogP contribution in [0.3, 0.4) is 0 Å². The van der Waals surface area contributed by atoms with Gasteiger partial charge in [-0.2, -0.15) is 0 Å². The van der Waals surface area contributed by atoms with Crippen LogP contribution in [0, 0.1) is 5.92 Å². The first-order chi connectivity index (χ1) is 6.59. The minimum Gasteiger partial charge on any atom is -0.379 e. The summed E-state index contributed by atoms with van der Waals surface area (Å²) in [5, 5.41) is 0. The van der Waals surface area contributed by atoms with Gasteiger partial charge in [-0.05, 0) is 59.5 Å². The monoisotopic (exact) mass is 199 g/mol. The highest BCUT2D eigenvalue weighted by Gasteiger charge is 2.20. The second-order valence-electron chi connectivity index (χ2n) is 4.96. The van der Waals surface area contributed by atoms with Gasteiger partial charge in [-0.3, -0.25) is 0 Å². The van der Waals surface area contributed by atoms with E-state index in [1.54, 1.807) is 0 Å². The van der Waals surface area contributed by atoms with E-state index in [0.717, 1.165) is 12.5 Å². The molecule has 1 saturated heterocycles. The predicted octanol–water partition coefficient (Wildman–Crippen LogP) is 2.53. The first-order valence-electron chi connectivity index (χ1n) is 5.95. The Kier molecular flexibility index (Phi) is 4.90. The molecular weight excluding hydrogens is 174 g/mol. The van der Waals surface area contributed by atoms with E-state index >= 15 is 0 Å². The van der Waals surface area contributed by atoms with E-state index in [0.29, 0.717) is 12.1 Å². The van der Waals surface area contributed by atoms with Gasteiger partial charge in [-0.15, -0.1) is 0 Å². The molecule has 1 rings (SSSR count). The average molecular weight is 199 g/mol. The molecule has 84 valence electrons. The molecule has 0 saturated carbocycles. The molecule has 14 heavy (non-hydrogen) atoms. The van der Waals surface area contributed by atoms with Crippen molar-refractivity contribution in [2.75, 3.05) is 19.7 Å². The molecule has 1 aliphatic rings. The van der Waals surface area contributed by atoms with Crippen molar-refractivity contribution in [2.45, 2.75) is 52.7 Å². The molecule has 0 N–H and O–H groups in total. The molecule has 2 nitrogen and oxygen atoms in total. The van der Waals surface area contributed by atoms with Crippen molar-refractivity contribution in [3.8, 4) is 0 Å². The van der Waals surface area contributed by atoms with Crippen LogP contribution in [0.25, 0.3) is 0 Å². The van der Waals surface area contributed by atoms with Crippen molar-refractivity contribution in [1.82, 2.24) is 4.90 Å². The second kappa shape index (κ2) is 5.72. The first-order valence-corrected chi connectivity index (χ1v) is 5.95. The van der Waals surface area contributed by atoms with E-state index in [4.69, 9.17) is 4.74 Å². The molecule has 1 fully saturated rings. The van der Waals surface area contributed by atoms with Gasteiger partial charge in [-0.25, -0.2) is 0 Å². The summed E-state index contributed by atoms with van der Waals surface area (Å²) in [5.41, 5.74) is 0. The van der Waals surface area contributed by atoms with Crippen molar-refractivity contribution in [1.29, 1.82) is 0 Å². The minimum atomic E-state index is 0.387. The third-order valence-electron chi connectivity index (χ3n) is 3.04. The van der Waals surface area contributed by atoms with Crippen LogP contribution in [-0.2, 0) is 4.74 Å². The normalized spacial score (nSPS) is 21.0. The average Bonchev–Trinajstić information content (AvgIpc) is 2.15. The Hall–Kier alpha value is -0.0800. The van der Waals surface area contributed by atoms with Crippen LogP contribution in [0.2, 0.25) is 0 Å². The van der Waals surface area contributed by atoms with Gasteiger partial charge < -0.3 is 9.64 Å². The number of hydrogen-bond donors (Lipinski definition) is 0. The number of hydrogen-bond acceptors (Lipinski definition) is 2. The van der Waals surface area contributed by atoms with Gasteiger partial charge in [0.2, 0.25) is 0 Å². The molecule has 1 aliphatic heterocycles. The van der Waals surface area contributed by atoms with E-state index in [-0.39, 0.29) is 0 Å². The van der Waals surface area contributed by atoms with Crippen molar-refractivity contribution >= 4 is 0 Å². The van der Waals surface area contributed by atoms with Crippen LogP contribution in [0.1, 0.15) is 40.5 Å². The van der Waals surface area contributed by atoms with Crippen LogP contribution < -0.4 is 0 Å². The third-order valence-corrected chi connectivity index (χ3v) is 3.04. The summed E-state index contributed by atoms with van der Waals surface area (Å²) in [4.78, 5) is 2.56. The number of ether oxygens (including phenoxy) is 1. The fourth-order valence-corrected chi connectivity index (χ4v) is 1.96. The molecule has 0 aliphatic carbocycles. The molecule has 0 aromatic heterocycles. The molecule has 2 heteroatoms. The maximum Gasteiger partial charge on any atom is 0.0519 e. The van der Waals surface area contributed by atoms with Crippen LogP contribution in [0.5, 0.6) is 0 Å². The summed E-state index contributed by atoms with van der Waals surface area (Å²) in [6.07, 6.45) is 3.01. The van der Waals surface area contributed by atoms with Crippen molar-refractivity contribution in [3.63, 3.8) is 0 Å². The Morgan fingerprint density at radius 3 is 2.14 bits per heavy atom. The quantitative estimate of drug-likeness (QED) is 0.690. The lowest BCUT2D eigenvalue weighted by molar-refractivity contribution is 0.0265. The van der Waals surface area contributed by atoms with E-state index < -0.39 is 0 Å². The van der Waals surface area contributed by atoms with E-state index in [9.17, 15) is 0 Å². The molecule has 0 bridgehead atoms. The van der Waals surface area contributed by atoms with E-state index in [2.05, 4.69) is 32.6 Å². The summed E-state index contributed by atoms with van der Waals surface area (Å²) >= 11 is 0. The fraction of sp³-hybridized carbons (Fsp3) is 1.00. The number of likely N-dealkylation sites (tertiary alicyclic amines) is 1. The number of rotatable bonds is 4. The number of nitrogens with zero attached hydrogens (tertiary/aromatic N) is 1. The van der Waals surface area contributed by atoms with E-state index in [1.807, 2.05) is 0 Å². The van der Waals surface area contributed by atoms with Crippen LogP contribution >= 0.6 is 0 Å². The summed E-state index contributed by atoms with van der Waals surface area (Å²) in [6.45, 7) is 12.3. The summed E-state index contributed by atoms with van der Waals surface area (Å²) < 4.78 is 5.66. The summed E-state index contributed by atoms with van der Waals surface area (Å²) in [5.74, 6) is 0.799. The topological polar surface area (TPSA) is 12.5 Å². The van der Waals surface area contributed by atoms with Gasteiger partial charge in [0, 0.05) is 12.6 Å². The molecule has 1 heterocycles. The highest BCUT2D eigenvalue weighted by Crippen LogP contribution is 2.19. The largest absolute Gasteiger partial charge is 0.379 e.